The summed E-state index contributed by atoms with van der Waals surface area (Å²) in [6.45, 7) is 1.57. The number of hydroxylamine groups is 2. The van der Waals surface area contributed by atoms with Crippen molar-refractivity contribution in [2.24, 2.45) is 0 Å². The van der Waals surface area contributed by atoms with E-state index in [0.29, 0.717) is 5.06 Å². The van der Waals surface area contributed by atoms with Crippen molar-refractivity contribution in [1.82, 2.24) is 10.0 Å². The van der Waals surface area contributed by atoms with Crippen LogP contribution < -0.4 is 0 Å². The Morgan fingerprint density at radius 1 is 1.44 bits per heavy atom. The average Bonchev–Trinajstić information content (AvgIpc) is 2.55. The van der Waals surface area contributed by atoms with Crippen LogP contribution in [0.15, 0.2) is 18.3 Å². The van der Waals surface area contributed by atoms with E-state index in [1.54, 1.807) is 6.92 Å². The first-order valence-corrected chi connectivity index (χ1v) is 4.69. The van der Waals surface area contributed by atoms with Gasteiger partial charge in [-0.15, -0.1) is 0 Å². The van der Waals surface area contributed by atoms with Crippen LogP contribution in [0.25, 0.3) is 0 Å². The number of carbonyl (C=O) groups is 3. The molecule has 0 aliphatic carbocycles. The standard InChI is InChI=1S/C10H8N2O4/c1-2-7(13)16-12-9(14)6-4-3-5-11-8(6)10(12)15/h3-5H,2H2,1H3. The molecule has 0 aromatic carbocycles. The normalized spacial score (nSPS) is 13.9. The average molecular weight is 220 g/mol. The summed E-state index contributed by atoms with van der Waals surface area (Å²) < 4.78 is 0. The Labute approximate surface area is 90.8 Å². The van der Waals surface area contributed by atoms with Gasteiger partial charge in [0.1, 0.15) is 5.69 Å². The molecule has 0 unspecified atom stereocenters. The summed E-state index contributed by atoms with van der Waals surface area (Å²) in [5.41, 5.74) is 0.160. The Hall–Kier alpha value is -2.24. The number of aromatic nitrogens is 1. The quantitative estimate of drug-likeness (QED) is 0.680. The number of hydrogen-bond acceptors (Lipinski definition) is 5. The zero-order valence-electron chi connectivity index (χ0n) is 8.47. The van der Waals surface area contributed by atoms with E-state index in [0.717, 1.165) is 0 Å². The van der Waals surface area contributed by atoms with Gasteiger partial charge in [0, 0.05) is 12.6 Å². The molecule has 0 bridgehead atoms. The second-order valence-electron chi connectivity index (χ2n) is 3.12. The number of nitrogens with zero attached hydrogens (tertiary/aromatic N) is 2. The first-order chi connectivity index (χ1) is 7.65. The minimum Gasteiger partial charge on any atom is -0.330 e. The molecule has 1 aliphatic heterocycles. The van der Waals surface area contributed by atoms with E-state index in [2.05, 4.69) is 9.82 Å². The van der Waals surface area contributed by atoms with E-state index >= 15 is 0 Å². The zero-order chi connectivity index (χ0) is 11.7. The van der Waals surface area contributed by atoms with E-state index in [4.69, 9.17) is 0 Å². The molecule has 16 heavy (non-hydrogen) atoms. The smallest absolute Gasteiger partial charge is 0.330 e. The molecule has 0 fully saturated rings. The molecule has 2 amide bonds. The van der Waals surface area contributed by atoms with Crippen LogP contribution in [0.1, 0.15) is 34.2 Å². The topological polar surface area (TPSA) is 76.6 Å². The van der Waals surface area contributed by atoms with Gasteiger partial charge in [0.2, 0.25) is 0 Å². The van der Waals surface area contributed by atoms with Crippen molar-refractivity contribution < 1.29 is 19.2 Å². The van der Waals surface area contributed by atoms with Gasteiger partial charge in [-0.3, -0.25) is 14.6 Å². The van der Waals surface area contributed by atoms with Crippen molar-refractivity contribution in [2.75, 3.05) is 0 Å². The molecule has 0 saturated heterocycles. The molecule has 0 atom stereocenters. The second-order valence-corrected chi connectivity index (χ2v) is 3.12. The lowest BCUT2D eigenvalue weighted by atomic mass is 10.2. The fraction of sp³-hybridized carbons (Fsp3) is 0.200. The maximum atomic E-state index is 11.6. The van der Waals surface area contributed by atoms with Gasteiger partial charge < -0.3 is 4.84 Å². The number of imide groups is 1. The number of amides is 2. The molecule has 82 valence electrons. The van der Waals surface area contributed by atoms with Crippen LogP contribution in [0.2, 0.25) is 0 Å². The van der Waals surface area contributed by atoms with Crippen LogP contribution in [-0.2, 0) is 9.63 Å². The monoisotopic (exact) mass is 220 g/mol. The van der Waals surface area contributed by atoms with Crippen molar-refractivity contribution in [3.05, 3.63) is 29.6 Å². The summed E-state index contributed by atoms with van der Waals surface area (Å²) in [6, 6.07) is 3.00. The number of fused-ring (bicyclic) bond motifs is 1. The summed E-state index contributed by atoms with van der Waals surface area (Å²) in [5.74, 6) is -2.01. The van der Waals surface area contributed by atoms with E-state index in [9.17, 15) is 14.4 Å². The number of carbonyl (C=O) groups excluding carboxylic acids is 3. The lowest BCUT2D eigenvalue weighted by Gasteiger charge is -2.10. The summed E-state index contributed by atoms with van der Waals surface area (Å²) in [6.07, 6.45) is 1.48. The molecule has 1 aromatic heterocycles. The van der Waals surface area contributed by atoms with Crippen molar-refractivity contribution in [3.8, 4) is 0 Å². The van der Waals surface area contributed by atoms with Crippen molar-refractivity contribution in [2.45, 2.75) is 13.3 Å². The Balaban J connectivity index is 2.32. The molecule has 1 aliphatic rings. The minimum absolute atomic E-state index is 0.0106. The SMILES string of the molecule is CCC(=O)ON1C(=O)c2cccnc2C1=O. The Bertz CT molecular complexity index is 448. The minimum atomic E-state index is -0.706. The van der Waals surface area contributed by atoms with Crippen LogP contribution >= 0.6 is 0 Å². The maximum absolute atomic E-state index is 11.6. The van der Waals surface area contributed by atoms with E-state index in [1.807, 2.05) is 0 Å². The van der Waals surface area contributed by atoms with Gasteiger partial charge in [-0.1, -0.05) is 12.0 Å². The van der Waals surface area contributed by atoms with Crippen LogP contribution in [0, 0.1) is 0 Å². The molecule has 0 N–H and O–H groups in total. The van der Waals surface area contributed by atoms with E-state index in [1.165, 1.54) is 18.3 Å². The number of rotatable bonds is 2. The highest BCUT2D eigenvalue weighted by molar-refractivity contribution is 6.19. The van der Waals surface area contributed by atoms with Gasteiger partial charge >= 0.3 is 11.9 Å². The van der Waals surface area contributed by atoms with Gasteiger partial charge in [0.25, 0.3) is 5.91 Å². The predicted octanol–water partition coefficient (Wildman–Crippen LogP) is 0.546. The molecule has 6 nitrogen and oxygen atoms in total. The highest BCUT2D eigenvalue weighted by Crippen LogP contribution is 2.20. The van der Waals surface area contributed by atoms with E-state index < -0.39 is 17.8 Å². The third-order valence-corrected chi connectivity index (χ3v) is 2.09. The Morgan fingerprint density at radius 3 is 2.81 bits per heavy atom. The molecule has 0 spiro atoms. The highest BCUT2D eigenvalue weighted by Gasteiger charge is 2.39. The van der Waals surface area contributed by atoms with Gasteiger partial charge in [-0.2, -0.15) is 0 Å². The third kappa shape index (κ3) is 1.44. The largest absolute Gasteiger partial charge is 0.332 e. The van der Waals surface area contributed by atoms with Gasteiger partial charge in [0.15, 0.2) is 0 Å². The van der Waals surface area contributed by atoms with Crippen LogP contribution in [-0.4, -0.2) is 27.8 Å². The molecule has 1 aromatic rings. The predicted molar refractivity (Wildman–Crippen MR) is 51.1 cm³/mol. The molecule has 2 rings (SSSR count). The Morgan fingerprint density at radius 2 is 2.19 bits per heavy atom. The molecule has 2 heterocycles. The van der Waals surface area contributed by atoms with Gasteiger partial charge in [-0.25, -0.2) is 4.79 Å². The van der Waals surface area contributed by atoms with Crippen molar-refractivity contribution in [1.29, 1.82) is 0 Å². The zero-order valence-corrected chi connectivity index (χ0v) is 8.47. The fourth-order valence-corrected chi connectivity index (χ4v) is 1.30. The van der Waals surface area contributed by atoms with Crippen molar-refractivity contribution in [3.63, 3.8) is 0 Å². The van der Waals surface area contributed by atoms with Gasteiger partial charge in [-0.05, 0) is 12.1 Å². The van der Waals surface area contributed by atoms with Gasteiger partial charge in [0.05, 0.1) is 5.56 Å². The summed E-state index contributed by atoms with van der Waals surface area (Å²) in [5, 5.41) is 0.448. The lowest BCUT2D eigenvalue weighted by molar-refractivity contribution is -0.168. The van der Waals surface area contributed by atoms with Crippen LogP contribution in [0.4, 0.5) is 0 Å². The maximum Gasteiger partial charge on any atom is 0.332 e. The lowest BCUT2D eigenvalue weighted by Crippen LogP contribution is -2.32. The first kappa shape index (κ1) is 10.3. The Kier molecular flexibility index (Phi) is 2.40. The highest BCUT2D eigenvalue weighted by atomic mass is 16.7. The van der Waals surface area contributed by atoms with Crippen LogP contribution in [0.3, 0.4) is 0 Å². The molecule has 0 saturated carbocycles. The molecule has 6 heteroatoms. The molecular weight excluding hydrogens is 212 g/mol. The third-order valence-electron chi connectivity index (χ3n) is 2.09. The number of pyridine rings is 1. The number of hydrogen-bond donors (Lipinski definition) is 0. The summed E-state index contributed by atoms with van der Waals surface area (Å²) in [4.78, 5) is 42.7. The fourth-order valence-electron chi connectivity index (χ4n) is 1.30. The van der Waals surface area contributed by atoms with E-state index in [-0.39, 0.29) is 17.7 Å². The summed E-state index contributed by atoms with van der Waals surface area (Å²) >= 11 is 0. The first-order valence-electron chi connectivity index (χ1n) is 4.69. The van der Waals surface area contributed by atoms with Crippen LogP contribution in [0.5, 0.6) is 0 Å². The van der Waals surface area contributed by atoms with Crippen molar-refractivity contribution >= 4 is 17.8 Å². The molecule has 0 radical (unpaired) electrons. The molecular formula is C10H8N2O4. The summed E-state index contributed by atoms with van der Waals surface area (Å²) in [7, 11) is 0. The second kappa shape index (κ2) is 3.73.